The number of sulfonamides is 1. The maximum Gasteiger partial charge on any atom is 0.246 e. The van der Waals surface area contributed by atoms with Gasteiger partial charge < -0.3 is 0 Å². The molecule has 1 aliphatic carbocycles. The van der Waals surface area contributed by atoms with E-state index in [1.807, 2.05) is 0 Å². The molecule has 2 rings (SSSR count). The third kappa shape index (κ3) is 3.03. The highest BCUT2D eigenvalue weighted by atomic mass is 79.9. The van der Waals surface area contributed by atoms with Crippen LogP contribution in [0.2, 0.25) is 0 Å². The normalized spacial score (nSPS) is 17.1. The molecule has 0 aromatic heterocycles. The number of hydrogen-bond donors (Lipinski definition) is 0. The van der Waals surface area contributed by atoms with Gasteiger partial charge in [-0.1, -0.05) is 28.8 Å². The first-order chi connectivity index (χ1) is 9.37. The molecule has 1 saturated carbocycles. The van der Waals surface area contributed by atoms with Crippen LogP contribution >= 0.6 is 27.5 Å². The lowest BCUT2D eigenvalue weighted by atomic mass is 10.2. The van der Waals surface area contributed by atoms with Gasteiger partial charge in [0, 0.05) is 23.1 Å². The molecule has 7 heteroatoms. The van der Waals surface area contributed by atoms with Crippen molar-refractivity contribution >= 4 is 37.6 Å². The Morgan fingerprint density at radius 1 is 1.40 bits per heavy atom. The molecule has 0 atom stereocenters. The van der Waals surface area contributed by atoms with Crippen LogP contribution in [0.3, 0.4) is 0 Å². The van der Waals surface area contributed by atoms with E-state index in [9.17, 15) is 12.8 Å². The average molecular weight is 385 g/mol. The van der Waals surface area contributed by atoms with Crippen LogP contribution in [0.15, 0.2) is 21.5 Å². The van der Waals surface area contributed by atoms with Gasteiger partial charge in [-0.15, -0.1) is 11.6 Å². The van der Waals surface area contributed by atoms with E-state index < -0.39 is 15.8 Å². The molecule has 1 fully saturated rings. The van der Waals surface area contributed by atoms with Gasteiger partial charge in [0.2, 0.25) is 10.0 Å². The summed E-state index contributed by atoms with van der Waals surface area (Å²) in [4.78, 5) is -0.308. The standard InChI is InChI=1S/C13H16BrClFNO2S/c1-17(11-4-2-3-5-11)20(18,19)12-7-10(14)6-9(8-15)13(12)16/h6-7,11H,2-5,8H2,1H3. The second kappa shape index (κ2) is 6.30. The molecule has 1 aliphatic rings. The van der Waals surface area contributed by atoms with E-state index in [0.717, 1.165) is 25.7 Å². The second-order valence-electron chi connectivity index (χ2n) is 4.97. The van der Waals surface area contributed by atoms with Crippen molar-refractivity contribution in [3.05, 3.63) is 28.0 Å². The summed E-state index contributed by atoms with van der Waals surface area (Å²) in [6.45, 7) is 0. The fourth-order valence-corrected chi connectivity index (χ4v) is 4.92. The highest BCUT2D eigenvalue weighted by molar-refractivity contribution is 9.10. The van der Waals surface area contributed by atoms with Crippen molar-refractivity contribution in [2.45, 2.75) is 42.5 Å². The van der Waals surface area contributed by atoms with Crippen LogP contribution in [0.25, 0.3) is 0 Å². The predicted molar refractivity (Wildman–Crippen MR) is 80.9 cm³/mol. The number of hydrogen-bond acceptors (Lipinski definition) is 2. The lowest BCUT2D eigenvalue weighted by molar-refractivity contribution is 0.370. The molecule has 112 valence electrons. The zero-order chi connectivity index (χ0) is 14.9. The molecule has 0 spiro atoms. The summed E-state index contributed by atoms with van der Waals surface area (Å²) in [5.74, 6) is -0.825. The number of alkyl halides is 1. The minimum absolute atomic E-state index is 0.0437. The lowest BCUT2D eigenvalue weighted by Crippen LogP contribution is -2.35. The van der Waals surface area contributed by atoms with Crippen LogP contribution in [0.4, 0.5) is 4.39 Å². The number of halogens is 3. The first kappa shape index (κ1) is 16.2. The van der Waals surface area contributed by atoms with Crippen LogP contribution in [-0.2, 0) is 15.9 Å². The maximum absolute atomic E-state index is 14.3. The fraction of sp³-hybridized carbons (Fsp3) is 0.538. The van der Waals surface area contributed by atoms with Crippen molar-refractivity contribution in [2.75, 3.05) is 7.05 Å². The largest absolute Gasteiger partial charge is 0.246 e. The van der Waals surface area contributed by atoms with E-state index in [1.165, 1.54) is 23.5 Å². The van der Waals surface area contributed by atoms with Gasteiger partial charge in [0.05, 0.1) is 5.88 Å². The molecule has 0 radical (unpaired) electrons. The maximum atomic E-state index is 14.3. The van der Waals surface area contributed by atoms with E-state index >= 15 is 0 Å². The Balaban J connectivity index is 2.45. The average Bonchev–Trinajstić information content (AvgIpc) is 2.93. The summed E-state index contributed by atoms with van der Waals surface area (Å²) in [5.41, 5.74) is 0.180. The van der Waals surface area contributed by atoms with Gasteiger partial charge in [-0.05, 0) is 25.0 Å². The minimum atomic E-state index is -3.84. The Morgan fingerprint density at radius 2 is 2.00 bits per heavy atom. The first-order valence-corrected chi connectivity index (χ1v) is 9.16. The van der Waals surface area contributed by atoms with Crippen LogP contribution in [0.5, 0.6) is 0 Å². The molecular weight excluding hydrogens is 369 g/mol. The molecule has 1 aromatic rings. The molecule has 0 saturated heterocycles. The van der Waals surface area contributed by atoms with Gasteiger partial charge in [0.25, 0.3) is 0 Å². The van der Waals surface area contributed by atoms with E-state index in [1.54, 1.807) is 0 Å². The first-order valence-electron chi connectivity index (χ1n) is 6.40. The zero-order valence-electron chi connectivity index (χ0n) is 11.1. The molecule has 1 aromatic carbocycles. The van der Waals surface area contributed by atoms with Gasteiger partial charge >= 0.3 is 0 Å². The van der Waals surface area contributed by atoms with Gasteiger partial charge in [-0.25, -0.2) is 12.8 Å². The van der Waals surface area contributed by atoms with Gasteiger partial charge in [-0.3, -0.25) is 0 Å². The molecular formula is C13H16BrClFNO2S. The molecule has 0 aliphatic heterocycles. The summed E-state index contributed by atoms with van der Waals surface area (Å²) in [6, 6.07) is 2.75. The monoisotopic (exact) mass is 383 g/mol. The Morgan fingerprint density at radius 3 is 2.55 bits per heavy atom. The summed E-state index contributed by atoms with van der Waals surface area (Å²) < 4.78 is 41.3. The van der Waals surface area contributed by atoms with Crippen molar-refractivity contribution in [2.24, 2.45) is 0 Å². The van der Waals surface area contributed by atoms with Crippen molar-refractivity contribution in [1.82, 2.24) is 4.31 Å². The number of benzene rings is 1. The Bertz CT molecular complexity index is 603. The van der Waals surface area contributed by atoms with Gasteiger partial charge in [0.15, 0.2) is 0 Å². The number of rotatable bonds is 4. The lowest BCUT2D eigenvalue weighted by Gasteiger charge is -2.24. The quantitative estimate of drug-likeness (QED) is 0.739. The van der Waals surface area contributed by atoms with E-state index in [0.29, 0.717) is 4.47 Å². The molecule has 3 nitrogen and oxygen atoms in total. The van der Waals surface area contributed by atoms with Crippen LogP contribution in [-0.4, -0.2) is 25.8 Å². The highest BCUT2D eigenvalue weighted by Crippen LogP contribution is 2.31. The molecule has 0 amide bonds. The van der Waals surface area contributed by atoms with Crippen LogP contribution in [0, 0.1) is 5.82 Å². The van der Waals surface area contributed by atoms with E-state index in [-0.39, 0.29) is 22.4 Å². The SMILES string of the molecule is CN(C1CCCC1)S(=O)(=O)c1cc(Br)cc(CCl)c1F. The Hall–Kier alpha value is -0.170. The van der Waals surface area contributed by atoms with Crippen molar-refractivity contribution in [1.29, 1.82) is 0 Å². The van der Waals surface area contributed by atoms with Gasteiger partial charge in [-0.2, -0.15) is 4.31 Å². The molecule has 20 heavy (non-hydrogen) atoms. The van der Waals surface area contributed by atoms with E-state index in [4.69, 9.17) is 11.6 Å². The second-order valence-corrected chi connectivity index (χ2v) is 8.12. The van der Waals surface area contributed by atoms with Gasteiger partial charge in [0.1, 0.15) is 10.7 Å². The Kier molecular flexibility index (Phi) is 5.10. The number of nitrogens with zero attached hydrogens (tertiary/aromatic N) is 1. The summed E-state index contributed by atoms with van der Waals surface area (Å²) in [7, 11) is -2.32. The molecule has 0 N–H and O–H groups in total. The van der Waals surface area contributed by atoms with Crippen LogP contribution < -0.4 is 0 Å². The van der Waals surface area contributed by atoms with Crippen LogP contribution in [0.1, 0.15) is 31.2 Å². The van der Waals surface area contributed by atoms with Crippen molar-refractivity contribution < 1.29 is 12.8 Å². The predicted octanol–water partition coefficient (Wildman–Crippen LogP) is 3.89. The molecule has 0 bridgehead atoms. The third-order valence-corrected chi connectivity index (χ3v) is 6.37. The summed E-state index contributed by atoms with van der Waals surface area (Å²) in [6.07, 6.45) is 3.68. The zero-order valence-corrected chi connectivity index (χ0v) is 14.2. The highest BCUT2D eigenvalue weighted by Gasteiger charge is 2.32. The Labute approximate surface area is 132 Å². The van der Waals surface area contributed by atoms with E-state index in [2.05, 4.69) is 15.9 Å². The third-order valence-electron chi connectivity index (χ3n) is 3.72. The van der Waals surface area contributed by atoms with Crippen molar-refractivity contribution in [3.8, 4) is 0 Å². The molecule has 0 unspecified atom stereocenters. The fourth-order valence-electron chi connectivity index (χ4n) is 2.52. The minimum Gasteiger partial charge on any atom is -0.207 e. The summed E-state index contributed by atoms with van der Waals surface area (Å²) >= 11 is 8.87. The molecule has 0 heterocycles. The smallest absolute Gasteiger partial charge is 0.207 e. The topological polar surface area (TPSA) is 37.4 Å². The van der Waals surface area contributed by atoms with Crippen molar-refractivity contribution in [3.63, 3.8) is 0 Å². The summed E-state index contributed by atoms with van der Waals surface area (Å²) in [5, 5.41) is 0.